The zero-order valence-electron chi connectivity index (χ0n) is 19.8. The van der Waals surface area contributed by atoms with Gasteiger partial charge in [0.2, 0.25) is 5.88 Å². The number of pyridine rings is 2. The molecule has 0 spiro atoms. The fourth-order valence-corrected chi connectivity index (χ4v) is 3.22. The molecular formula is C22H34B2N2O5. The highest BCUT2D eigenvalue weighted by Gasteiger charge is 2.52. The first-order chi connectivity index (χ1) is 14.4. The van der Waals surface area contributed by atoms with Gasteiger partial charge in [-0.25, -0.2) is 4.98 Å². The van der Waals surface area contributed by atoms with E-state index in [1.165, 1.54) is 0 Å². The van der Waals surface area contributed by atoms with Crippen molar-refractivity contribution in [3.8, 4) is 5.88 Å². The molecule has 1 aliphatic heterocycles. The van der Waals surface area contributed by atoms with Crippen molar-refractivity contribution in [1.29, 1.82) is 0 Å². The van der Waals surface area contributed by atoms with Gasteiger partial charge in [0.25, 0.3) is 0 Å². The topological polar surface area (TPSA) is 93.9 Å². The standard InChI is InChI=1S/C11H18BNO3.C11H16BNO2/c1-7(2)9-5-6-13-11(16-12(14)15)10(9)8(3)4;1-10(2)11(3,4)15-12(14-10)9-7-5-6-8-13-9/h5-8,14-15H,1-4H3;5-8H,1-4H3. The van der Waals surface area contributed by atoms with Gasteiger partial charge >= 0.3 is 14.4 Å². The van der Waals surface area contributed by atoms with Crippen molar-refractivity contribution in [3.05, 3.63) is 47.8 Å². The van der Waals surface area contributed by atoms with Gasteiger partial charge in [-0.2, -0.15) is 0 Å². The Hall–Kier alpha value is -1.93. The van der Waals surface area contributed by atoms with Gasteiger partial charge in [0.1, 0.15) is 0 Å². The van der Waals surface area contributed by atoms with E-state index >= 15 is 0 Å². The van der Waals surface area contributed by atoms with E-state index in [2.05, 4.69) is 23.8 Å². The molecule has 2 aromatic heterocycles. The van der Waals surface area contributed by atoms with Gasteiger partial charge < -0.3 is 24.0 Å². The molecular weight excluding hydrogens is 394 g/mol. The lowest BCUT2D eigenvalue weighted by Gasteiger charge is -2.32. The second kappa shape index (κ2) is 10.1. The molecule has 31 heavy (non-hydrogen) atoms. The molecule has 3 rings (SSSR count). The molecule has 3 heterocycles. The molecule has 0 saturated carbocycles. The predicted octanol–water partition coefficient (Wildman–Crippen LogP) is 3.06. The van der Waals surface area contributed by atoms with Crippen LogP contribution in [-0.2, 0) is 9.31 Å². The molecule has 1 fully saturated rings. The quantitative estimate of drug-likeness (QED) is 0.708. The number of nitrogens with zero attached hydrogens (tertiary/aromatic N) is 2. The van der Waals surface area contributed by atoms with E-state index in [4.69, 9.17) is 24.0 Å². The summed E-state index contributed by atoms with van der Waals surface area (Å²) >= 11 is 0. The minimum atomic E-state index is -1.83. The van der Waals surface area contributed by atoms with E-state index in [-0.39, 0.29) is 24.2 Å². The van der Waals surface area contributed by atoms with Crippen LogP contribution in [-0.4, -0.2) is 45.7 Å². The first kappa shape index (κ1) is 25.3. The zero-order valence-corrected chi connectivity index (χ0v) is 19.8. The summed E-state index contributed by atoms with van der Waals surface area (Å²) in [6.07, 6.45) is 3.37. The van der Waals surface area contributed by atoms with Gasteiger partial charge in [0.05, 0.1) is 16.8 Å². The van der Waals surface area contributed by atoms with E-state index in [1.807, 2.05) is 65.8 Å². The van der Waals surface area contributed by atoms with Gasteiger partial charge in [-0.15, -0.1) is 0 Å². The van der Waals surface area contributed by atoms with E-state index in [0.717, 1.165) is 16.7 Å². The molecule has 0 aromatic carbocycles. The van der Waals surface area contributed by atoms with Gasteiger partial charge in [-0.1, -0.05) is 33.8 Å². The molecule has 0 aliphatic carbocycles. The Morgan fingerprint density at radius 3 is 1.97 bits per heavy atom. The van der Waals surface area contributed by atoms with Crippen LogP contribution in [0.25, 0.3) is 0 Å². The van der Waals surface area contributed by atoms with E-state index < -0.39 is 7.32 Å². The summed E-state index contributed by atoms with van der Waals surface area (Å²) < 4.78 is 16.6. The molecule has 0 atom stereocenters. The smallest absolute Gasteiger partial charge is 0.497 e. The summed E-state index contributed by atoms with van der Waals surface area (Å²) in [6, 6.07) is 7.68. The minimum absolute atomic E-state index is 0.222. The Morgan fingerprint density at radius 2 is 1.52 bits per heavy atom. The molecule has 0 unspecified atom stereocenters. The molecule has 0 amide bonds. The average Bonchev–Trinajstić information content (AvgIpc) is 2.89. The van der Waals surface area contributed by atoms with Crippen molar-refractivity contribution in [2.45, 2.75) is 78.4 Å². The average molecular weight is 428 g/mol. The lowest BCUT2D eigenvalue weighted by molar-refractivity contribution is 0.00578. The molecule has 2 aromatic rings. The van der Waals surface area contributed by atoms with E-state index in [9.17, 15) is 0 Å². The van der Waals surface area contributed by atoms with Crippen molar-refractivity contribution in [1.82, 2.24) is 9.97 Å². The van der Waals surface area contributed by atoms with Gasteiger partial charge in [-0.05, 0) is 63.3 Å². The van der Waals surface area contributed by atoms with Crippen LogP contribution >= 0.6 is 0 Å². The first-order valence-corrected chi connectivity index (χ1v) is 10.6. The number of hydrogen-bond acceptors (Lipinski definition) is 7. The summed E-state index contributed by atoms with van der Waals surface area (Å²) in [5, 5.41) is 17.7. The molecule has 7 nitrogen and oxygen atoms in total. The zero-order chi connectivity index (χ0) is 23.4. The van der Waals surface area contributed by atoms with E-state index in [1.54, 1.807) is 12.4 Å². The van der Waals surface area contributed by atoms with Crippen molar-refractivity contribution < 1.29 is 24.0 Å². The summed E-state index contributed by atoms with van der Waals surface area (Å²) in [6.45, 7) is 16.4. The van der Waals surface area contributed by atoms with Crippen molar-refractivity contribution in [2.75, 3.05) is 0 Å². The van der Waals surface area contributed by atoms with E-state index in [0.29, 0.717) is 11.8 Å². The van der Waals surface area contributed by atoms with Crippen LogP contribution in [0.15, 0.2) is 36.7 Å². The third-order valence-corrected chi connectivity index (χ3v) is 5.59. The second-order valence-corrected chi connectivity index (χ2v) is 9.22. The van der Waals surface area contributed by atoms with Crippen molar-refractivity contribution in [3.63, 3.8) is 0 Å². The Morgan fingerprint density at radius 1 is 0.903 bits per heavy atom. The monoisotopic (exact) mass is 428 g/mol. The third kappa shape index (κ3) is 6.29. The van der Waals surface area contributed by atoms with Crippen LogP contribution in [0.4, 0.5) is 0 Å². The highest BCUT2D eigenvalue weighted by Crippen LogP contribution is 2.36. The molecule has 168 valence electrons. The van der Waals surface area contributed by atoms with Gasteiger partial charge in [0, 0.05) is 18.0 Å². The van der Waals surface area contributed by atoms with Gasteiger partial charge in [0.15, 0.2) is 0 Å². The summed E-state index contributed by atoms with van der Waals surface area (Å²) in [5.41, 5.74) is 2.30. The van der Waals surface area contributed by atoms with Crippen LogP contribution in [0.1, 0.15) is 78.4 Å². The van der Waals surface area contributed by atoms with Crippen molar-refractivity contribution in [2.24, 2.45) is 0 Å². The fraction of sp³-hybridized carbons (Fsp3) is 0.545. The molecule has 1 aliphatic rings. The Bertz CT molecular complexity index is 829. The van der Waals surface area contributed by atoms with Crippen LogP contribution < -0.4 is 10.2 Å². The van der Waals surface area contributed by atoms with Crippen LogP contribution in [0.2, 0.25) is 0 Å². The summed E-state index contributed by atoms with van der Waals surface area (Å²) in [4.78, 5) is 8.28. The predicted molar refractivity (Wildman–Crippen MR) is 123 cm³/mol. The Labute approximate surface area is 186 Å². The summed E-state index contributed by atoms with van der Waals surface area (Å²) in [7, 11) is -2.18. The molecule has 0 radical (unpaired) electrons. The Balaban J connectivity index is 0.000000220. The fourth-order valence-electron chi connectivity index (χ4n) is 3.22. The van der Waals surface area contributed by atoms with Crippen LogP contribution in [0.3, 0.4) is 0 Å². The van der Waals surface area contributed by atoms with Gasteiger partial charge in [-0.3, -0.25) is 4.98 Å². The second-order valence-electron chi connectivity index (χ2n) is 9.22. The lowest BCUT2D eigenvalue weighted by Crippen LogP contribution is -2.41. The number of hydrogen-bond donors (Lipinski definition) is 2. The maximum Gasteiger partial charge on any atom is 0.708 e. The minimum Gasteiger partial charge on any atom is -0.497 e. The Kier molecular flexibility index (Phi) is 8.27. The van der Waals surface area contributed by atoms with Crippen molar-refractivity contribution >= 4 is 20.0 Å². The molecule has 9 heteroatoms. The van der Waals surface area contributed by atoms with Crippen LogP contribution in [0, 0.1) is 0 Å². The first-order valence-electron chi connectivity index (χ1n) is 10.6. The van der Waals surface area contributed by atoms with Crippen LogP contribution in [0.5, 0.6) is 5.88 Å². The normalized spacial score (nSPS) is 16.8. The maximum absolute atomic E-state index is 8.83. The molecule has 2 N–H and O–H groups in total. The number of rotatable bonds is 5. The molecule has 1 saturated heterocycles. The summed E-state index contributed by atoms with van der Waals surface area (Å²) in [5.74, 6) is 0.870. The highest BCUT2D eigenvalue weighted by molar-refractivity contribution is 6.61. The number of aromatic nitrogens is 2. The molecule has 0 bridgehead atoms. The SMILES string of the molecule is CC(C)c1ccnc(OB(O)O)c1C(C)C.CC1(C)OB(c2ccccn2)OC1(C)C. The highest BCUT2D eigenvalue weighted by atomic mass is 16.7. The third-order valence-electron chi connectivity index (χ3n) is 5.59. The maximum atomic E-state index is 8.83. The lowest BCUT2D eigenvalue weighted by atomic mass is 9.84. The largest absolute Gasteiger partial charge is 0.708 e.